The minimum Gasteiger partial charge on any atom is -0.340 e. The van der Waals surface area contributed by atoms with Crippen LogP contribution in [0.4, 0.5) is 19.1 Å². The normalized spacial score (nSPS) is 18.7. The molecular formula is C18H20BrF3N4. The molecule has 1 atom stereocenters. The van der Waals surface area contributed by atoms with E-state index < -0.39 is 11.9 Å². The Labute approximate surface area is 159 Å². The van der Waals surface area contributed by atoms with Gasteiger partial charge in [-0.05, 0) is 37.1 Å². The van der Waals surface area contributed by atoms with Gasteiger partial charge in [0.2, 0.25) is 5.95 Å². The van der Waals surface area contributed by atoms with Gasteiger partial charge in [0.05, 0.1) is 0 Å². The highest BCUT2D eigenvalue weighted by molar-refractivity contribution is 9.10. The molecule has 8 heteroatoms. The number of alkyl halides is 3. The fourth-order valence-electron chi connectivity index (χ4n) is 3.20. The van der Waals surface area contributed by atoms with Crippen LogP contribution in [0.5, 0.6) is 0 Å². The first-order chi connectivity index (χ1) is 12.3. The van der Waals surface area contributed by atoms with Crippen molar-refractivity contribution in [2.75, 3.05) is 25.0 Å². The molecule has 0 saturated carbocycles. The zero-order valence-electron chi connectivity index (χ0n) is 14.4. The Balaban J connectivity index is 1.70. The third-order valence-corrected chi connectivity index (χ3v) is 5.40. The minimum atomic E-state index is -4.46. The number of hydrogen-bond acceptors (Lipinski definition) is 4. The summed E-state index contributed by atoms with van der Waals surface area (Å²) in [5.41, 5.74) is 0.293. The summed E-state index contributed by atoms with van der Waals surface area (Å²) >= 11 is 3.57. The standard InChI is InChI=1S/C18H20BrF3N4/c1-25(17-23-9-8-16(24-17)18(20,21)22)14-6-4-10-26(12-14)11-13-5-2-3-7-15(13)19/h2-3,5,7-9,14H,4,6,10-12H2,1H3. The average Bonchev–Trinajstić information content (AvgIpc) is 2.63. The lowest BCUT2D eigenvalue weighted by Gasteiger charge is -2.37. The van der Waals surface area contributed by atoms with Gasteiger partial charge in [0, 0.05) is 36.8 Å². The number of aromatic nitrogens is 2. The van der Waals surface area contributed by atoms with Crippen molar-refractivity contribution in [3.8, 4) is 0 Å². The number of likely N-dealkylation sites (tertiary alicyclic amines) is 1. The molecule has 1 aliphatic rings. The van der Waals surface area contributed by atoms with E-state index in [2.05, 4.69) is 36.9 Å². The Kier molecular flexibility index (Phi) is 5.82. The number of benzene rings is 1. The largest absolute Gasteiger partial charge is 0.433 e. The molecule has 0 N–H and O–H groups in total. The maximum absolute atomic E-state index is 12.9. The van der Waals surface area contributed by atoms with Crippen molar-refractivity contribution < 1.29 is 13.2 Å². The first-order valence-electron chi connectivity index (χ1n) is 8.43. The second kappa shape index (κ2) is 7.92. The molecule has 1 aliphatic heterocycles. The second-order valence-corrected chi connectivity index (χ2v) is 7.33. The molecule has 1 fully saturated rings. The minimum absolute atomic E-state index is 0.0784. The summed E-state index contributed by atoms with van der Waals surface area (Å²) in [5, 5.41) is 0. The van der Waals surface area contributed by atoms with Gasteiger partial charge in [-0.3, -0.25) is 4.90 Å². The molecule has 140 valence electrons. The lowest BCUT2D eigenvalue weighted by atomic mass is 10.0. The molecule has 3 rings (SSSR count). The summed E-state index contributed by atoms with van der Waals surface area (Å²) in [5.74, 6) is 0.118. The number of likely N-dealkylation sites (N-methyl/N-ethyl adjacent to an activating group) is 1. The van der Waals surface area contributed by atoms with Gasteiger partial charge in [0.1, 0.15) is 5.69 Å². The van der Waals surface area contributed by atoms with Gasteiger partial charge in [-0.25, -0.2) is 9.97 Å². The summed E-state index contributed by atoms with van der Waals surface area (Å²) in [4.78, 5) is 11.8. The SMILES string of the molecule is CN(c1nccc(C(F)(F)F)n1)C1CCCN(Cc2ccccc2Br)C1. The summed E-state index contributed by atoms with van der Waals surface area (Å²) in [7, 11) is 1.77. The van der Waals surface area contributed by atoms with Crippen molar-refractivity contribution in [1.82, 2.24) is 14.9 Å². The summed E-state index contributed by atoms with van der Waals surface area (Å²) in [6, 6.07) is 9.05. The topological polar surface area (TPSA) is 32.3 Å². The molecule has 4 nitrogen and oxygen atoms in total. The van der Waals surface area contributed by atoms with Gasteiger partial charge in [-0.2, -0.15) is 13.2 Å². The van der Waals surface area contributed by atoms with Crippen LogP contribution in [0.2, 0.25) is 0 Å². The number of anilines is 1. The van der Waals surface area contributed by atoms with E-state index in [4.69, 9.17) is 0 Å². The van der Waals surface area contributed by atoms with Crippen LogP contribution in [0.15, 0.2) is 41.0 Å². The van der Waals surface area contributed by atoms with Gasteiger partial charge in [-0.15, -0.1) is 0 Å². The summed E-state index contributed by atoms with van der Waals surface area (Å²) in [6.45, 7) is 2.53. The molecule has 2 aromatic rings. The molecular weight excluding hydrogens is 409 g/mol. The Morgan fingerprint density at radius 3 is 2.77 bits per heavy atom. The highest BCUT2D eigenvalue weighted by Gasteiger charge is 2.34. The molecule has 0 spiro atoms. The molecule has 0 bridgehead atoms. The fraction of sp³-hybridized carbons (Fsp3) is 0.444. The zero-order valence-corrected chi connectivity index (χ0v) is 16.0. The van der Waals surface area contributed by atoms with Crippen LogP contribution in [0.25, 0.3) is 0 Å². The zero-order chi connectivity index (χ0) is 18.7. The van der Waals surface area contributed by atoms with Crippen LogP contribution < -0.4 is 4.90 Å². The van der Waals surface area contributed by atoms with Gasteiger partial charge >= 0.3 is 6.18 Å². The van der Waals surface area contributed by atoms with E-state index in [0.717, 1.165) is 43.0 Å². The average molecular weight is 429 g/mol. The van der Waals surface area contributed by atoms with Crippen molar-refractivity contribution in [2.24, 2.45) is 0 Å². The maximum atomic E-state index is 12.9. The van der Waals surface area contributed by atoms with E-state index in [-0.39, 0.29) is 12.0 Å². The third kappa shape index (κ3) is 4.54. The highest BCUT2D eigenvalue weighted by Crippen LogP contribution is 2.29. The molecule has 26 heavy (non-hydrogen) atoms. The molecule has 0 aliphatic carbocycles. The number of halogens is 4. The van der Waals surface area contributed by atoms with E-state index in [1.165, 1.54) is 11.8 Å². The molecule has 0 radical (unpaired) electrons. The molecule has 1 aromatic carbocycles. The van der Waals surface area contributed by atoms with Gasteiger partial charge in [0.15, 0.2) is 0 Å². The van der Waals surface area contributed by atoms with E-state index >= 15 is 0 Å². The first-order valence-corrected chi connectivity index (χ1v) is 9.23. The van der Waals surface area contributed by atoms with E-state index in [9.17, 15) is 13.2 Å². The highest BCUT2D eigenvalue weighted by atomic mass is 79.9. The number of piperidine rings is 1. The first kappa shape index (κ1) is 19.1. The fourth-order valence-corrected chi connectivity index (χ4v) is 3.61. The van der Waals surface area contributed by atoms with Crippen molar-refractivity contribution in [2.45, 2.75) is 31.6 Å². The molecule has 2 heterocycles. The van der Waals surface area contributed by atoms with Crippen molar-refractivity contribution >= 4 is 21.9 Å². The van der Waals surface area contributed by atoms with Crippen LogP contribution in [-0.2, 0) is 12.7 Å². The molecule has 1 saturated heterocycles. The molecule has 1 unspecified atom stereocenters. The van der Waals surface area contributed by atoms with Crippen LogP contribution in [-0.4, -0.2) is 41.0 Å². The monoisotopic (exact) mass is 428 g/mol. The quantitative estimate of drug-likeness (QED) is 0.723. The van der Waals surface area contributed by atoms with E-state index in [1.54, 1.807) is 11.9 Å². The van der Waals surface area contributed by atoms with Crippen molar-refractivity contribution in [1.29, 1.82) is 0 Å². The Morgan fingerprint density at radius 2 is 2.04 bits per heavy atom. The summed E-state index contributed by atoms with van der Waals surface area (Å²) < 4.78 is 39.7. The van der Waals surface area contributed by atoms with Crippen LogP contribution in [0.3, 0.4) is 0 Å². The van der Waals surface area contributed by atoms with Gasteiger partial charge in [0.25, 0.3) is 0 Å². The summed E-state index contributed by atoms with van der Waals surface area (Å²) in [6.07, 6.45) is -1.40. The second-order valence-electron chi connectivity index (χ2n) is 6.47. The number of hydrogen-bond donors (Lipinski definition) is 0. The predicted molar refractivity (Wildman–Crippen MR) is 97.9 cm³/mol. The molecule has 0 amide bonds. The third-order valence-electron chi connectivity index (χ3n) is 4.63. The smallest absolute Gasteiger partial charge is 0.340 e. The van der Waals surface area contributed by atoms with Gasteiger partial charge < -0.3 is 4.90 Å². The predicted octanol–water partition coefficient (Wildman–Crippen LogP) is 4.36. The van der Waals surface area contributed by atoms with Crippen molar-refractivity contribution in [3.63, 3.8) is 0 Å². The van der Waals surface area contributed by atoms with Crippen LogP contribution in [0, 0.1) is 0 Å². The van der Waals surface area contributed by atoms with Crippen LogP contribution in [0.1, 0.15) is 24.1 Å². The van der Waals surface area contributed by atoms with E-state index in [1.807, 2.05) is 18.2 Å². The molecule has 1 aromatic heterocycles. The van der Waals surface area contributed by atoms with Crippen LogP contribution >= 0.6 is 15.9 Å². The van der Waals surface area contributed by atoms with Gasteiger partial charge in [-0.1, -0.05) is 34.1 Å². The Morgan fingerprint density at radius 1 is 1.27 bits per heavy atom. The number of rotatable bonds is 4. The lowest BCUT2D eigenvalue weighted by molar-refractivity contribution is -0.141. The Bertz CT molecular complexity index is 753. The Hall–Kier alpha value is -1.67. The number of nitrogens with zero attached hydrogens (tertiary/aromatic N) is 4. The lowest BCUT2D eigenvalue weighted by Crippen LogP contribution is -2.46. The maximum Gasteiger partial charge on any atom is 0.433 e. The van der Waals surface area contributed by atoms with Crippen molar-refractivity contribution in [3.05, 3.63) is 52.3 Å². The van der Waals surface area contributed by atoms with E-state index in [0.29, 0.717) is 0 Å².